The van der Waals surface area contributed by atoms with Crippen molar-refractivity contribution in [3.63, 3.8) is 0 Å². The summed E-state index contributed by atoms with van der Waals surface area (Å²) in [4.78, 5) is 28.4. The number of amides is 2. The molecule has 25 heavy (non-hydrogen) atoms. The van der Waals surface area contributed by atoms with Gasteiger partial charge in [-0.05, 0) is 12.5 Å². The van der Waals surface area contributed by atoms with Gasteiger partial charge < -0.3 is 14.5 Å². The number of rotatable bonds is 7. The van der Waals surface area contributed by atoms with Crippen molar-refractivity contribution in [2.45, 2.75) is 19.4 Å². The van der Waals surface area contributed by atoms with Crippen LogP contribution in [0.25, 0.3) is 0 Å². The maximum atomic E-state index is 12.7. The lowest BCUT2D eigenvalue weighted by Crippen LogP contribution is -2.46. The van der Waals surface area contributed by atoms with Crippen LogP contribution < -0.4 is 4.74 Å². The maximum absolute atomic E-state index is 12.7. The number of carbonyl (C=O) groups excluding carboxylic acids is 2. The Kier molecular flexibility index (Phi) is 6.64. The molecule has 1 aliphatic heterocycles. The smallest absolute Gasteiger partial charge is 0.228 e. The Bertz CT molecular complexity index is 678. The lowest BCUT2D eigenvalue weighted by Gasteiger charge is -2.34. The van der Waals surface area contributed by atoms with Crippen LogP contribution in [0.3, 0.4) is 0 Å². The van der Waals surface area contributed by atoms with Gasteiger partial charge in [0.05, 0.1) is 19.6 Å². The zero-order valence-electron chi connectivity index (χ0n) is 14.6. The summed E-state index contributed by atoms with van der Waals surface area (Å²) in [5.74, 6) is 3.05. The molecule has 1 atom stereocenters. The molecule has 0 saturated carbocycles. The molecule has 2 rings (SSSR count). The van der Waals surface area contributed by atoms with Crippen LogP contribution >= 0.6 is 0 Å². The fourth-order valence-corrected chi connectivity index (χ4v) is 3.07. The summed E-state index contributed by atoms with van der Waals surface area (Å²) in [6.45, 7) is 5.17. The molecule has 0 bridgehead atoms. The van der Waals surface area contributed by atoms with E-state index in [1.54, 1.807) is 23.0 Å². The van der Waals surface area contributed by atoms with E-state index in [0.717, 1.165) is 11.3 Å². The summed E-state index contributed by atoms with van der Waals surface area (Å²) >= 11 is 0. The molecule has 5 heteroatoms. The molecule has 1 aromatic rings. The highest BCUT2D eigenvalue weighted by molar-refractivity contribution is 5.84. The molecular formula is C20H24N2O3. The van der Waals surface area contributed by atoms with Crippen LogP contribution in [0, 0.1) is 18.3 Å². The highest BCUT2D eigenvalue weighted by atomic mass is 16.5. The normalized spacial score (nSPS) is 16.9. The Balaban J connectivity index is 2.10. The second-order valence-electron chi connectivity index (χ2n) is 6.03. The fourth-order valence-electron chi connectivity index (χ4n) is 3.07. The number of benzene rings is 1. The van der Waals surface area contributed by atoms with Gasteiger partial charge in [-0.1, -0.05) is 30.2 Å². The molecule has 0 N–H and O–H groups in total. The molecule has 1 heterocycles. The van der Waals surface area contributed by atoms with Gasteiger partial charge in [0.15, 0.2) is 0 Å². The molecule has 1 aliphatic rings. The molecule has 1 unspecified atom stereocenters. The monoisotopic (exact) mass is 340 g/mol. The first-order chi connectivity index (χ1) is 12.1. The van der Waals surface area contributed by atoms with Crippen molar-refractivity contribution in [2.75, 3.05) is 26.7 Å². The third-order valence-corrected chi connectivity index (χ3v) is 4.35. The SMILES string of the molecule is C#CCN(CC=C)C(=O)C1CCC(=O)N(Cc2ccccc2OC)C1. The molecule has 1 saturated heterocycles. The first-order valence-corrected chi connectivity index (χ1v) is 8.33. The average Bonchev–Trinajstić information content (AvgIpc) is 2.63. The van der Waals surface area contributed by atoms with Crippen molar-refractivity contribution in [1.29, 1.82) is 0 Å². The summed E-state index contributed by atoms with van der Waals surface area (Å²) in [5.41, 5.74) is 0.929. The summed E-state index contributed by atoms with van der Waals surface area (Å²) in [7, 11) is 1.61. The van der Waals surface area contributed by atoms with Crippen LogP contribution in [0.1, 0.15) is 18.4 Å². The van der Waals surface area contributed by atoms with Gasteiger partial charge in [0.1, 0.15) is 5.75 Å². The van der Waals surface area contributed by atoms with Crippen LogP contribution in [0.2, 0.25) is 0 Å². The molecule has 5 nitrogen and oxygen atoms in total. The van der Waals surface area contributed by atoms with Gasteiger partial charge in [0, 0.05) is 31.6 Å². The second-order valence-corrected chi connectivity index (χ2v) is 6.03. The Morgan fingerprint density at radius 1 is 1.52 bits per heavy atom. The fraction of sp³-hybridized carbons (Fsp3) is 0.400. The molecule has 0 radical (unpaired) electrons. The first kappa shape index (κ1) is 18.6. The van der Waals surface area contributed by atoms with E-state index in [1.165, 1.54) is 0 Å². The number of ether oxygens (including phenoxy) is 1. The zero-order valence-corrected chi connectivity index (χ0v) is 14.6. The number of nitrogens with zero attached hydrogens (tertiary/aromatic N) is 2. The third kappa shape index (κ3) is 4.63. The molecule has 0 spiro atoms. The minimum atomic E-state index is -0.235. The number of likely N-dealkylation sites (tertiary alicyclic amines) is 1. The summed E-state index contributed by atoms with van der Waals surface area (Å²) < 4.78 is 5.35. The highest BCUT2D eigenvalue weighted by Gasteiger charge is 2.32. The van der Waals surface area contributed by atoms with Crippen molar-refractivity contribution in [1.82, 2.24) is 9.80 Å². The molecular weight excluding hydrogens is 316 g/mol. The van der Waals surface area contributed by atoms with E-state index in [1.807, 2.05) is 24.3 Å². The largest absolute Gasteiger partial charge is 0.496 e. The number of methoxy groups -OCH3 is 1. The van der Waals surface area contributed by atoms with Crippen molar-refractivity contribution in [2.24, 2.45) is 5.92 Å². The molecule has 1 fully saturated rings. The standard InChI is InChI=1S/C20H24N2O3/c1-4-12-21(13-5-2)20(24)17-10-11-19(23)22(15-17)14-16-8-6-7-9-18(16)25-3/h1,5-9,17H,2,10-15H2,3H3. The van der Waals surface area contributed by atoms with Crippen LogP contribution in [-0.4, -0.2) is 48.4 Å². The van der Waals surface area contributed by atoms with Crippen LogP contribution in [0.4, 0.5) is 0 Å². The minimum Gasteiger partial charge on any atom is -0.496 e. The van der Waals surface area contributed by atoms with Gasteiger partial charge in [0.2, 0.25) is 11.8 Å². The second kappa shape index (κ2) is 8.93. The van der Waals surface area contributed by atoms with Crippen molar-refractivity contribution >= 4 is 11.8 Å². The average molecular weight is 340 g/mol. The summed E-state index contributed by atoms with van der Waals surface area (Å²) in [6, 6.07) is 7.60. The minimum absolute atomic E-state index is 0.0182. The number of para-hydroxylation sites is 1. The van der Waals surface area contributed by atoms with Crippen molar-refractivity contribution < 1.29 is 14.3 Å². The van der Waals surface area contributed by atoms with Crippen molar-refractivity contribution in [3.8, 4) is 18.1 Å². The maximum Gasteiger partial charge on any atom is 0.228 e. The quantitative estimate of drug-likeness (QED) is 0.564. The Morgan fingerprint density at radius 3 is 2.96 bits per heavy atom. The predicted molar refractivity (Wildman–Crippen MR) is 96.7 cm³/mol. The van der Waals surface area contributed by atoms with E-state index in [9.17, 15) is 9.59 Å². The van der Waals surface area contributed by atoms with Gasteiger partial charge in [0.25, 0.3) is 0 Å². The van der Waals surface area contributed by atoms with Gasteiger partial charge in [-0.15, -0.1) is 13.0 Å². The Labute approximate surface area is 149 Å². The van der Waals surface area contributed by atoms with E-state index < -0.39 is 0 Å². The topological polar surface area (TPSA) is 49.9 Å². The van der Waals surface area contributed by atoms with Crippen LogP contribution in [0.5, 0.6) is 5.75 Å². The molecule has 0 aliphatic carbocycles. The van der Waals surface area contributed by atoms with Gasteiger partial charge in [-0.2, -0.15) is 0 Å². The van der Waals surface area contributed by atoms with E-state index >= 15 is 0 Å². The number of terminal acetylenes is 1. The summed E-state index contributed by atoms with van der Waals surface area (Å²) in [6.07, 6.45) is 7.93. The lowest BCUT2D eigenvalue weighted by atomic mass is 9.95. The molecule has 132 valence electrons. The first-order valence-electron chi connectivity index (χ1n) is 8.33. The number of piperidine rings is 1. The van der Waals surface area contributed by atoms with Gasteiger partial charge >= 0.3 is 0 Å². The summed E-state index contributed by atoms with van der Waals surface area (Å²) in [5, 5.41) is 0. The number of carbonyl (C=O) groups is 2. The predicted octanol–water partition coefficient (Wildman–Crippen LogP) is 2.08. The van der Waals surface area contributed by atoms with Gasteiger partial charge in [-0.3, -0.25) is 9.59 Å². The van der Waals surface area contributed by atoms with E-state index in [4.69, 9.17) is 11.2 Å². The third-order valence-electron chi connectivity index (χ3n) is 4.35. The highest BCUT2D eigenvalue weighted by Crippen LogP contribution is 2.25. The van der Waals surface area contributed by atoms with Crippen LogP contribution in [-0.2, 0) is 16.1 Å². The van der Waals surface area contributed by atoms with E-state index in [-0.39, 0.29) is 24.3 Å². The van der Waals surface area contributed by atoms with Crippen molar-refractivity contribution in [3.05, 3.63) is 42.5 Å². The zero-order chi connectivity index (χ0) is 18.2. The number of hydrogen-bond donors (Lipinski definition) is 0. The van der Waals surface area contributed by atoms with E-state index in [2.05, 4.69) is 12.5 Å². The lowest BCUT2D eigenvalue weighted by molar-refractivity contribution is -0.142. The number of hydrogen-bond acceptors (Lipinski definition) is 3. The molecule has 1 aromatic carbocycles. The van der Waals surface area contributed by atoms with E-state index in [0.29, 0.717) is 32.5 Å². The van der Waals surface area contributed by atoms with Gasteiger partial charge in [-0.25, -0.2) is 0 Å². The Hall–Kier alpha value is -2.74. The Morgan fingerprint density at radius 2 is 2.28 bits per heavy atom. The van der Waals surface area contributed by atoms with Crippen LogP contribution in [0.15, 0.2) is 36.9 Å². The molecule has 0 aromatic heterocycles. The molecule has 2 amide bonds.